The van der Waals surface area contributed by atoms with Crippen LogP contribution in [0.4, 0.5) is 11.4 Å². The third kappa shape index (κ3) is 2.72. The Kier molecular flexibility index (Phi) is 4.19. The quantitative estimate of drug-likeness (QED) is 0.512. The molecule has 108 valence electrons. The largest absolute Gasteiger partial charge is 0.393 e. The molecule has 1 aromatic carbocycles. The first-order chi connectivity index (χ1) is 9.54. The fourth-order valence-electron chi connectivity index (χ4n) is 2.22. The summed E-state index contributed by atoms with van der Waals surface area (Å²) in [6.45, 7) is 3.41. The number of anilines is 1. The molecule has 1 aliphatic heterocycles. The Balaban J connectivity index is 2.25. The lowest BCUT2D eigenvalue weighted by molar-refractivity contribution is -0.383. The lowest BCUT2D eigenvalue weighted by Gasteiger charge is -2.32. The molecule has 1 aliphatic rings. The van der Waals surface area contributed by atoms with Crippen molar-refractivity contribution in [2.45, 2.75) is 19.4 Å². The number of amides is 1. The van der Waals surface area contributed by atoms with Gasteiger partial charge in [-0.3, -0.25) is 14.9 Å². The predicted octanol–water partition coefficient (Wildman–Crippen LogP) is 1.43. The second-order valence-electron chi connectivity index (χ2n) is 4.65. The van der Waals surface area contributed by atoms with Crippen molar-refractivity contribution in [1.29, 1.82) is 0 Å². The summed E-state index contributed by atoms with van der Waals surface area (Å²) in [7, 11) is 0. The van der Waals surface area contributed by atoms with Gasteiger partial charge in [-0.15, -0.1) is 0 Å². The number of hydrogen-bond donors (Lipinski definition) is 1. The molecular formula is C13H17N3O4. The van der Waals surface area contributed by atoms with Crippen LogP contribution in [-0.4, -0.2) is 41.5 Å². The van der Waals surface area contributed by atoms with Crippen LogP contribution >= 0.6 is 0 Å². The van der Waals surface area contributed by atoms with Gasteiger partial charge in [-0.05, 0) is 12.5 Å². The number of rotatable bonds is 3. The summed E-state index contributed by atoms with van der Waals surface area (Å²) in [5, 5.41) is 10.9. The molecule has 1 saturated heterocycles. The molecule has 7 nitrogen and oxygen atoms in total. The fourth-order valence-corrected chi connectivity index (χ4v) is 2.22. The molecule has 20 heavy (non-hydrogen) atoms. The number of benzene rings is 1. The van der Waals surface area contributed by atoms with Gasteiger partial charge >= 0.3 is 0 Å². The molecule has 1 aromatic rings. The van der Waals surface area contributed by atoms with Crippen LogP contribution in [0, 0.1) is 10.1 Å². The number of carbonyl (C=O) groups is 1. The Bertz CT molecular complexity index is 532. The number of nitro groups is 1. The number of carbonyl (C=O) groups excluding carboxylic acids is 1. The predicted molar refractivity (Wildman–Crippen MR) is 73.4 cm³/mol. The van der Waals surface area contributed by atoms with Crippen LogP contribution in [0.3, 0.4) is 0 Å². The third-order valence-electron chi connectivity index (χ3n) is 3.39. The minimum atomic E-state index is -0.583. The van der Waals surface area contributed by atoms with E-state index in [9.17, 15) is 14.9 Å². The Hall–Kier alpha value is -2.15. The Labute approximate surface area is 116 Å². The van der Waals surface area contributed by atoms with E-state index in [1.54, 1.807) is 4.90 Å². The molecule has 1 amide bonds. The zero-order chi connectivity index (χ0) is 14.7. The standard InChI is InChI=1S/C13H17N3O4/c1-2-9-8-15(6-7-20-9)13(17)10-4-3-5-11(12(10)14)16(18)19/h3-5,9H,2,6-8,14H2,1H3. The zero-order valence-corrected chi connectivity index (χ0v) is 11.2. The summed E-state index contributed by atoms with van der Waals surface area (Å²) in [5.41, 5.74) is 5.59. The van der Waals surface area contributed by atoms with Gasteiger partial charge in [0.1, 0.15) is 5.69 Å². The number of nitro benzene ring substituents is 1. The van der Waals surface area contributed by atoms with E-state index in [0.717, 1.165) is 6.42 Å². The highest BCUT2D eigenvalue weighted by Crippen LogP contribution is 2.26. The molecule has 0 bridgehead atoms. The van der Waals surface area contributed by atoms with Crippen molar-refractivity contribution in [1.82, 2.24) is 4.90 Å². The average molecular weight is 279 g/mol. The van der Waals surface area contributed by atoms with Crippen LogP contribution in [0.1, 0.15) is 23.7 Å². The highest BCUT2D eigenvalue weighted by molar-refractivity contribution is 6.01. The summed E-state index contributed by atoms with van der Waals surface area (Å²) < 4.78 is 5.50. The summed E-state index contributed by atoms with van der Waals surface area (Å²) in [6, 6.07) is 4.28. The molecule has 1 atom stereocenters. The van der Waals surface area contributed by atoms with Gasteiger partial charge in [0.25, 0.3) is 11.6 Å². The molecule has 0 aliphatic carbocycles. The minimum Gasteiger partial charge on any atom is -0.393 e. The van der Waals surface area contributed by atoms with Gasteiger partial charge in [-0.2, -0.15) is 0 Å². The SMILES string of the molecule is CCC1CN(C(=O)c2cccc([N+](=O)[O-])c2N)CCO1. The van der Waals surface area contributed by atoms with E-state index in [4.69, 9.17) is 10.5 Å². The van der Waals surface area contributed by atoms with Crippen LogP contribution in [0.15, 0.2) is 18.2 Å². The Morgan fingerprint density at radius 3 is 3.00 bits per heavy atom. The van der Waals surface area contributed by atoms with Crippen molar-refractivity contribution in [2.24, 2.45) is 0 Å². The monoisotopic (exact) mass is 279 g/mol. The normalized spacial score (nSPS) is 18.9. The summed E-state index contributed by atoms with van der Waals surface area (Å²) >= 11 is 0. The van der Waals surface area contributed by atoms with Gasteiger partial charge < -0.3 is 15.4 Å². The average Bonchev–Trinajstić information content (AvgIpc) is 2.46. The van der Waals surface area contributed by atoms with E-state index in [1.165, 1.54) is 18.2 Å². The maximum Gasteiger partial charge on any atom is 0.292 e. The van der Waals surface area contributed by atoms with Crippen molar-refractivity contribution >= 4 is 17.3 Å². The Morgan fingerprint density at radius 2 is 2.35 bits per heavy atom. The topological polar surface area (TPSA) is 98.7 Å². The Morgan fingerprint density at radius 1 is 1.60 bits per heavy atom. The number of nitrogens with zero attached hydrogens (tertiary/aromatic N) is 2. The molecule has 1 unspecified atom stereocenters. The number of morpholine rings is 1. The van der Waals surface area contributed by atoms with Gasteiger partial charge in [0.15, 0.2) is 0 Å². The lowest BCUT2D eigenvalue weighted by atomic mass is 10.1. The van der Waals surface area contributed by atoms with Crippen molar-refractivity contribution in [3.05, 3.63) is 33.9 Å². The summed E-state index contributed by atoms with van der Waals surface area (Å²) in [6.07, 6.45) is 0.821. The second-order valence-corrected chi connectivity index (χ2v) is 4.65. The van der Waals surface area contributed by atoms with Crippen LogP contribution in [-0.2, 0) is 4.74 Å². The second kappa shape index (κ2) is 5.87. The molecular weight excluding hydrogens is 262 g/mol. The number of nitrogen functional groups attached to an aromatic ring is 1. The zero-order valence-electron chi connectivity index (χ0n) is 11.2. The molecule has 0 spiro atoms. The highest BCUT2D eigenvalue weighted by atomic mass is 16.6. The van der Waals surface area contributed by atoms with Crippen LogP contribution in [0.2, 0.25) is 0 Å². The smallest absolute Gasteiger partial charge is 0.292 e. The van der Waals surface area contributed by atoms with Gasteiger partial charge in [-0.25, -0.2) is 0 Å². The van der Waals surface area contributed by atoms with Crippen LogP contribution in [0.25, 0.3) is 0 Å². The summed E-state index contributed by atoms with van der Waals surface area (Å²) in [4.78, 5) is 24.3. The van der Waals surface area contributed by atoms with E-state index in [0.29, 0.717) is 19.7 Å². The number of para-hydroxylation sites is 1. The van der Waals surface area contributed by atoms with E-state index >= 15 is 0 Å². The molecule has 2 N–H and O–H groups in total. The van der Waals surface area contributed by atoms with E-state index in [-0.39, 0.29) is 28.9 Å². The van der Waals surface area contributed by atoms with Crippen LogP contribution < -0.4 is 5.73 Å². The van der Waals surface area contributed by atoms with E-state index in [2.05, 4.69) is 0 Å². The highest BCUT2D eigenvalue weighted by Gasteiger charge is 2.27. The summed E-state index contributed by atoms with van der Waals surface area (Å²) in [5.74, 6) is -0.284. The molecule has 1 fully saturated rings. The first-order valence-corrected chi connectivity index (χ1v) is 6.48. The lowest BCUT2D eigenvalue weighted by Crippen LogP contribution is -2.45. The molecule has 0 aromatic heterocycles. The minimum absolute atomic E-state index is 0.00706. The molecule has 0 radical (unpaired) electrons. The maximum atomic E-state index is 12.4. The van der Waals surface area contributed by atoms with Gasteiger partial charge in [0.05, 0.1) is 23.2 Å². The maximum absolute atomic E-state index is 12.4. The molecule has 0 saturated carbocycles. The molecule has 7 heteroatoms. The van der Waals surface area contributed by atoms with Gasteiger partial charge in [0, 0.05) is 19.2 Å². The fraction of sp³-hybridized carbons (Fsp3) is 0.462. The number of ether oxygens (including phenoxy) is 1. The van der Waals surface area contributed by atoms with Crippen LogP contribution in [0.5, 0.6) is 0 Å². The van der Waals surface area contributed by atoms with Crippen molar-refractivity contribution < 1.29 is 14.5 Å². The van der Waals surface area contributed by atoms with Gasteiger partial charge in [0.2, 0.25) is 0 Å². The first-order valence-electron chi connectivity index (χ1n) is 6.48. The molecule has 1 heterocycles. The van der Waals surface area contributed by atoms with Crippen molar-refractivity contribution in [3.63, 3.8) is 0 Å². The van der Waals surface area contributed by atoms with Gasteiger partial charge in [-0.1, -0.05) is 13.0 Å². The first kappa shape index (κ1) is 14.3. The molecule has 2 rings (SSSR count). The number of nitrogens with two attached hydrogens (primary N) is 1. The van der Waals surface area contributed by atoms with Crippen molar-refractivity contribution in [3.8, 4) is 0 Å². The van der Waals surface area contributed by atoms with E-state index < -0.39 is 4.92 Å². The van der Waals surface area contributed by atoms with E-state index in [1.807, 2.05) is 6.92 Å². The number of hydrogen-bond acceptors (Lipinski definition) is 5. The van der Waals surface area contributed by atoms with Crippen molar-refractivity contribution in [2.75, 3.05) is 25.4 Å². The third-order valence-corrected chi connectivity index (χ3v) is 3.39.